The minimum absolute atomic E-state index is 0.261. The molecule has 5 nitrogen and oxygen atoms in total. The first kappa shape index (κ1) is 14.5. The molecule has 20 heavy (non-hydrogen) atoms. The standard InChI is InChI=1S/C14H15BrN4O/c1-10-12(15)4-5-13(18-10)19-14(20)17-8-6-11-3-2-7-16-9-11/h2-5,7,9H,6,8H2,1H3,(H2,17,18,19,20). The number of nitrogens with one attached hydrogen (secondary N) is 2. The summed E-state index contributed by atoms with van der Waals surface area (Å²) in [5.41, 5.74) is 1.92. The number of halogens is 1. The predicted octanol–water partition coefficient (Wildman–Crippen LogP) is 2.91. The van der Waals surface area contributed by atoms with Crippen LogP contribution in [0, 0.1) is 6.92 Å². The number of hydrogen-bond acceptors (Lipinski definition) is 3. The third-order valence-electron chi connectivity index (χ3n) is 2.68. The lowest BCUT2D eigenvalue weighted by Crippen LogP contribution is -2.30. The third kappa shape index (κ3) is 4.31. The van der Waals surface area contributed by atoms with E-state index in [1.54, 1.807) is 18.5 Å². The Morgan fingerprint density at radius 1 is 1.35 bits per heavy atom. The van der Waals surface area contributed by atoms with Gasteiger partial charge in [0, 0.05) is 23.4 Å². The number of rotatable bonds is 4. The van der Waals surface area contributed by atoms with Crippen LogP contribution in [0.5, 0.6) is 0 Å². The molecule has 2 aromatic rings. The van der Waals surface area contributed by atoms with E-state index in [1.807, 2.05) is 25.1 Å². The first-order chi connectivity index (χ1) is 9.65. The second-order valence-corrected chi connectivity index (χ2v) is 5.11. The number of anilines is 1. The number of pyridine rings is 2. The Balaban J connectivity index is 1.79. The van der Waals surface area contributed by atoms with E-state index in [0.29, 0.717) is 12.4 Å². The van der Waals surface area contributed by atoms with Crippen molar-refractivity contribution in [1.82, 2.24) is 15.3 Å². The van der Waals surface area contributed by atoms with Crippen LogP contribution in [0.3, 0.4) is 0 Å². The van der Waals surface area contributed by atoms with Gasteiger partial charge in [0.2, 0.25) is 0 Å². The smallest absolute Gasteiger partial charge is 0.320 e. The molecule has 0 radical (unpaired) electrons. The van der Waals surface area contributed by atoms with E-state index in [-0.39, 0.29) is 6.03 Å². The van der Waals surface area contributed by atoms with E-state index in [0.717, 1.165) is 22.2 Å². The SMILES string of the molecule is Cc1nc(NC(=O)NCCc2cccnc2)ccc1Br. The van der Waals surface area contributed by atoms with Crippen LogP contribution in [0.25, 0.3) is 0 Å². The molecule has 104 valence electrons. The molecule has 6 heteroatoms. The van der Waals surface area contributed by atoms with Crippen LogP contribution in [0.1, 0.15) is 11.3 Å². The molecule has 2 heterocycles. The normalized spacial score (nSPS) is 10.1. The van der Waals surface area contributed by atoms with Gasteiger partial charge >= 0.3 is 6.03 Å². The molecule has 2 aromatic heterocycles. The summed E-state index contributed by atoms with van der Waals surface area (Å²) in [6.07, 6.45) is 4.26. The van der Waals surface area contributed by atoms with Crippen molar-refractivity contribution in [2.75, 3.05) is 11.9 Å². The molecular weight excluding hydrogens is 320 g/mol. The van der Waals surface area contributed by atoms with E-state index in [1.165, 1.54) is 0 Å². The summed E-state index contributed by atoms with van der Waals surface area (Å²) in [5, 5.41) is 5.48. The van der Waals surface area contributed by atoms with Crippen LogP contribution in [0.15, 0.2) is 41.1 Å². The molecule has 0 spiro atoms. The Labute approximate surface area is 126 Å². The highest BCUT2D eigenvalue weighted by atomic mass is 79.9. The number of carbonyl (C=O) groups is 1. The molecule has 0 saturated heterocycles. The summed E-state index contributed by atoms with van der Waals surface area (Å²) in [7, 11) is 0. The van der Waals surface area contributed by atoms with Gasteiger partial charge in [-0.2, -0.15) is 0 Å². The lowest BCUT2D eigenvalue weighted by atomic mass is 10.2. The van der Waals surface area contributed by atoms with Crippen molar-refractivity contribution >= 4 is 27.8 Å². The predicted molar refractivity (Wildman–Crippen MR) is 81.6 cm³/mol. The second-order valence-electron chi connectivity index (χ2n) is 4.26. The summed E-state index contributed by atoms with van der Waals surface area (Å²) in [6, 6.07) is 7.20. The van der Waals surface area contributed by atoms with Crippen LogP contribution in [0.2, 0.25) is 0 Å². The third-order valence-corrected chi connectivity index (χ3v) is 3.52. The van der Waals surface area contributed by atoms with Crippen LogP contribution in [-0.4, -0.2) is 22.5 Å². The average Bonchev–Trinajstić information content (AvgIpc) is 2.44. The molecule has 2 N–H and O–H groups in total. The van der Waals surface area contributed by atoms with Crippen molar-refractivity contribution in [1.29, 1.82) is 0 Å². The Morgan fingerprint density at radius 3 is 2.90 bits per heavy atom. The largest absolute Gasteiger partial charge is 0.337 e. The van der Waals surface area contributed by atoms with E-state index >= 15 is 0 Å². The zero-order valence-electron chi connectivity index (χ0n) is 11.1. The minimum atomic E-state index is -0.261. The van der Waals surface area contributed by atoms with Gasteiger partial charge in [0.1, 0.15) is 5.82 Å². The van der Waals surface area contributed by atoms with Gasteiger partial charge in [-0.1, -0.05) is 6.07 Å². The van der Waals surface area contributed by atoms with Crippen molar-refractivity contribution in [3.63, 3.8) is 0 Å². The molecule has 0 atom stereocenters. The zero-order valence-corrected chi connectivity index (χ0v) is 12.6. The maximum atomic E-state index is 11.7. The van der Waals surface area contributed by atoms with Gasteiger partial charge in [-0.05, 0) is 53.0 Å². The van der Waals surface area contributed by atoms with Gasteiger partial charge in [0.05, 0.1) is 5.69 Å². The molecule has 0 unspecified atom stereocenters. The van der Waals surface area contributed by atoms with Crippen molar-refractivity contribution in [2.45, 2.75) is 13.3 Å². The first-order valence-corrected chi connectivity index (χ1v) is 7.01. The van der Waals surface area contributed by atoms with E-state index in [4.69, 9.17) is 0 Å². The number of nitrogens with zero attached hydrogens (tertiary/aromatic N) is 2. The highest BCUT2D eigenvalue weighted by Crippen LogP contribution is 2.15. The number of aromatic nitrogens is 2. The molecule has 0 aliphatic rings. The molecular formula is C14H15BrN4O. The van der Waals surface area contributed by atoms with Gasteiger partial charge in [-0.25, -0.2) is 9.78 Å². The van der Waals surface area contributed by atoms with E-state index in [9.17, 15) is 4.79 Å². The summed E-state index contributed by atoms with van der Waals surface area (Å²) in [6.45, 7) is 2.42. The molecule has 0 bridgehead atoms. The Morgan fingerprint density at radius 2 is 2.20 bits per heavy atom. The highest BCUT2D eigenvalue weighted by molar-refractivity contribution is 9.10. The van der Waals surface area contributed by atoms with E-state index in [2.05, 4.69) is 36.5 Å². The molecule has 0 aliphatic carbocycles. The number of urea groups is 1. The Hall–Kier alpha value is -1.95. The van der Waals surface area contributed by atoms with Gasteiger partial charge in [-0.3, -0.25) is 10.3 Å². The topological polar surface area (TPSA) is 66.9 Å². The summed E-state index contributed by atoms with van der Waals surface area (Å²) in [5.74, 6) is 0.532. The number of carbonyl (C=O) groups excluding carboxylic acids is 1. The van der Waals surface area contributed by atoms with Crippen molar-refractivity contribution < 1.29 is 4.79 Å². The van der Waals surface area contributed by atoms with Crippen molar-refractivity contribution in [3.05, 3.63) is 52.4 Å². The van der Waals surface area contributed by atoms with E-state index < -0.39 is 0 Å². The summed E-state index contributed by atoms with van der Waals surface area (Å²) >= 11 is 3.37. The van der Waals surface area contributed by atoms with Crippen LogP contribution in [0.4, 0.5) is 10.6 Å². The number of aryl methyl sites for hydroxylation is 1. The van der Waals surface area contributed by atoms with Crippen molar-refractivity contribution in [2.24, 2.45) is 0 Å². The van der Waals surface area contributed by atoms with Crippen LogP contribution < -0.4 is 10.6 Å². The average molecular weight is 335 g/mol. The lowest BCUT2D eigenvalue weighted by molar-refractivity contribution is 0.252. The monoisotopic (exact) mass is 334 g/mol. The maximum absolute atomic E-state index is 11.7. The van der Waals surface area contributed by atoms with Gasteiger partial charge in [0.25, 0.3) is 0 Å². The zero-order chi connectivity index (χ0) is 14.4. The Bertz CT molecular complexity index is 589. The minimum Gasteiger partial charge on any atom is -0.337 e. The van der Waals surface area contributed by atoms with Crippen molar-refractivity contribution in [3.8, 4) is 0 Å². The quantitative estimate of drug-likeness (QED) is 0.903. The lowest BCUT2D eigenvalue weighted by Gasteiger charge is -2.08. The molecule has 0 aliphatic heterocycles. The van der Waals surface area contributed by atoms with Crippen LogP contribution in [-0.2, 0) is 6.42 Å². The summed E-state index contributed by atoms with van der Waals surface area (Å²) < 4.78 is 0.917. The molecule has 2 rings (SSSR count). The highest BCUT2D eigenvalue weighted by Gasteiger charge is 2.04. The van der Waals surface area contributed by atoms with Crippen LogP contribution >= 0.6 is 15.9 Å². The van der Waals surface area contributed by atoms with Gasteiger partial charge in [-0.15, -0.1) is 0 Å². The fraction of sp³-hybridized carbons (Fsp3) is 0.214. The molecule has 0 saturated carbocycles. The molecule has 0 aromatic carbocycles. The number of hydrogen-bond donors (Lipinski definition) is 2. The second kappa shape index (κ2) is 7.00. The first-order valence-electron chi connectivity index (χ1n) is 6.22. The number of amides is 2. The maximum Gasteiger partial charge on any atom is 0.320 e. The van der Waals surface area contributed by atoms with Gasteiger partial charge in [0.15, 0.2) is 0 Å². The fourth-order valence-corrected chi connectivity index (χ4v) is 1.86. The Kier molecular flexibility index (Phi) is 5.06. The molecule has 2 amide bonds. The fourth-order valence-electron chi connectivity index (χ4n) is 1.64. The summed E-state index contributed by atoms with van der Waals surface area (Å²) in [4.78, 5) is 20.0. The molecule has 0 fully saturated rings. The van der Waals surface area contributed by atoms with Gasteiger partial charge < -0.3 is 5.32 Å².